The first kappa shape index (κ1) is 23.1. The van der Waals surface area contributed by atoms with Crippen molar-refractivity contribution in [3.8, 4) is 28.5 Å². The summed E-state index contributed by atoms with van der Waals surface area (Å²) in [4.78, 5) is 19.4. The Hall–Kier alpha value is -3.65. The summed E-state index contributed by atoms with van der Waals surface area (Å²) in [5.74, 6) is 1.63. The van der Waals surface area contributed by atoms with Gasteiger partial charge in [-0.15, -0.1) is 0 Å². The van der Waals surface area contributed by atoms with Crippen LogP contribution in [0.1, 0.15) is 28.8 Å². The molecule has 2 aromatic carbocycles. The van der Waals surface area contributed by atoms with Gasteiger partial charge >= 0.3 is 0 Å². The van der Waals surface area contributed by atoms with E-state index in [1.54, 1.807) is 37.6 Å². The number of amides is 1. The van der Waals surface area contributed by atoms with Crippen molar-refractivity contribution < 1.29 is 23.4 Å². The lowest BCUT2D eigenvalue weighted by Gasteiger charge is -2.32. The van der Waals surface area contributed by atoms with Crippen LogP contribution in [0.25, 0.3) is 11.3 Å². The lowest BCUT2D eigenvalue weighted by molar-refractivity contribution is 0.0908. The number of ether oxygens (including phenoxy) is 3. The first-order valence-electron chi connectivity index (χ1n) is 11.8. The fraction of sp³-hybridized carbons (Fsp3) is 0.333. The normalized spacial score (nSPS) is 16.1. The van der Waals surface area contributed by atoms with Crippen LogP contribution in [-0.4, -0.2) is 55.2 Å². The van der Waals surface area contributed by atoms with Gasteiger partial charge in [-0.3, -0.25) is 14.7 Å². The molecule has 1 N–H and O–H groups in total. The van der Waals surface area contributed by atoms with Gasteiger partial charge < -0.3 is 19.5 Å². The van der Waals surface area contributed by atoms with Crippen molar-refractivity contribution in [2.75, 3.05) is 33.4 Å². The van der Waals surface area contributed by atoms with Gasteiger partial charge in [0.2, 0.25) is 5.75 Å². The van der Waals surface area contributed by atoms with E-state index < -0.39 is 0 Å². The van der Waals surface area contributed by atoms with E-state index in [4.69, 9.17) is 14.2 Å². The minimum absolute atomic E-state index is 0.108. The van der Waals surface area contributed by atoms with Crippen LogP contribution in [0.5, 0.6) is 17.2 Å². The zero-order valence-electron chi connectivity index (χ0n) is 19.6. The number of fused-ring (bicyclic) bond motifs is 1. The zero-order valence-corrected chi connectivity index (χ0v) is 19.6. The number of piperidine rings is 1. The molecule has 5 rings (SSSR count). The van der Waals surface area contributed by atoms with Gasteiger partial charge in [0.05, 0.1) is 18.4 Å². The maximum atomic E-state index is 13.5. The molecule has 3 aromatic rings. The molecule has 8 heteroatoms. The Bertz CT molecular complexity index is 1180. The minimum Gasteiger partial charge on any atom is -0.493 e. The molecule has 0 radical (unpaired) electrons. The molecule has 1 saturated heterocycles. The second-order valence-electron chi connectivity index (χ2n) is 8.79. The second kappa shape index (κ2) is 10.3. The van der Waals surface area contributed by atoms with Gasteiger partial charge in [-0.1, -0.05) is 12.1 Å². The molecule has 7 nitrogen and oxygen atoms in total. The molecule has 0 aliphatic carbocycles. The van der Waals surface area contributed by atoms with Crippen molar-refractivity contribution in [3.05, 3.63) is 71.7 Å². The molecule has 182 valence electrons. The maximum absolute atomic E-state index is 13.5. The molecule has 0 atom stereocenters. The van der Waals surface area contributed by atoms with E-state index in [0.717, 1.165) is 43.8 Å². The van der Waals surface area contributed by atoms with Crippen LogP contribution in [-0.2, 0) is 6.54 Å². The lowest BCUT2D eigenvalue weighted by atomic mass is 10.0. The number of likely N-dealkylation sites (tertiary alicyclic amines) is 1. The fourth-order valence-electron chi connectivity index (χ4n) is 4.53. The number of benzene rings is 2. The van der Waals surface area contributed by atoms with Gasteiger partial charge in [0.15, 0.2) is 11.5 Å². The van der Waals surface area contributed by atoms with Gasteiger partial charge in [0.25, 0.3) is 5.91 Å². The molecule has 0 bridgehead atoms. The monoisotopic (exact) mass is 477 g/mol. The van der Waals surface area contributed by atoms with E-state index in [1.165, 1.54) is 12.1 Å². The van der Waals surface area contributed by atoms with E-state index in [0.29, 0.717) is 41.5 Å². The van der Waals surface area contributed by atoms with E-state index in [1.807, 2.05) is 12.1 Å². The second-order valence-corrected chi connectivity index (χ2v) is 8.79. The number of carbonyl (C=O) groups excluding carboxylic acids is 1. The number of aromatic nitrogens is 1. The van der Waals surface area contributed by atoms with Crippen molar-refractivity contribution in [2.24, 2.45) is 0 Å². The molecule has 1 fully saturated rings. The Morgan fingerprint density at radius 1 is 1.14 bits per heavy atom. The zero-order chi connectivity index (χ0) is 24.2. The average molecular weight is 478 g/mol. The first-order chi connectivity index (χ1) is 17.1. The standard InChI is InChI=1S/C27H28FN3O4/c1-33-24-13-18(14-25-26(24)35-12-11-34-25)17-31-9-7-22(8-10-31)30-27(32)20-5-6-23(29-16-20)19-3-2-4-21(28)15-19/h2-6,13-16,22H,7-12,17H2,1H3,(H,30,32). The number of halogens is 1. The minimum atomic E-state index is -0.314. The predicted molar refractivity (Wildman–Crippen MR) is 129 cm³/mol. The quantitative estimate of drug-likeness (QED) is 0.577. The molecule has 2 aliphatic rings. The van der Waals surface area contributed by atoms with Crippen LogP contribution in [0, 0.1) is 5.82 Å². The average Bonchev–Trinajstić information content (AvgIpc) is 2.89. The highest BCUT2D eigenvalue weighted by atomic mass is 19.1. The molecule has 1 aromatic heterocycles. The number of nitrogens with zero attached hydrogens (tertiary/aromatic N) is 2. The summed E-state index contributed by atoms with van der Waals surface area (Å²) in [5.41, 5.74) is 2.92. The first-order valence-corrected chi connectivity index (χ1v) is 11.8. The van der Waals surface area contributed by atoms with Crippen molar-refractivity contribution in [1.29, 1.82) is 0 Å². The van der Waals surface area contributed by atoms with Gasteiger partial charge in [0, 0.05) is 37.4 Å². The van der Waals surface area contributed by atoms with Crippen molar-refractivity contribution in [2.45, 2.75) is 25.4 Å². The number of carbonyl (C=O) groups is 1. The molecule has 0 unspecified atom stereocenters. The van der Waals surface area contributed by atoms with Crippen LogP contribution in [0.4, 0.5) is 4.39 Å². The fourth-order valence-corrected chi connectivity index (χ4v) is 4.53. The van der Waals surface area contributed by atoms with E-state index in [2.05, 4.69) is 15.2 Å². The molecule has 35 heavy (non-hydrogen) atoms. The Balaban J connectivity index is 1.14. The number of nitrogens with one attached hydrogen (secondary N) is 1. The summed E-state index contributed by atoms with van der Waals surface area (Å²) in [6.45, 7) is 3.58. The van der Waals surface area contributed by atoms with Gasteiger partial charge in [-0.25, -0.2) is 4.39 Å². The Morgan fingerprint density at radius 3 is 2.71 bits per heavy atom. The summed E-state index contributed by atoms with van der Waals surface area (Å²) in [6.07, 6.45) is 3.27. The summed E-state index contributed by atoms with van der Waals surface area (Å²) >= 11 is 0. The Morgan fingerprint density at radius 2 is 1.97 bits per heavy atom. The molecule has 0 spiro atoms. The van der Waals surface area contributed by atoms with Crippen LogP contribution < -0.4 is 19.5 Å². The van der Waals surface area contributed by atoms with Gasteiger partial charge in [-0.05, 0) is 54.8 Å². The molecular weight excluding hydrogens is 449 g/mol. The lowest BCUT2D eigenvalue weighted by Crippen LogP contribution is -2.44. The number of methoxy groups -OCH3 is 1. The van der Waals surface area contributed by atoms with Crippen molar-refractivity contribution in [3.63, 3.8) is 0 Å². The molecule has 0 saturated carbocycles. The summed E-state index contributed by atoms with van der Waals surface area (Å²) in [7, 11) is 1.63. The van der Waals surface area contributed by atoms with Crippen molar-refractivity contribution in [1.82, 2.24) is 15.2 Å². The summed E-state index contributed by atoms with van der Waals surface area (Å²) in [6, 6.07) is 13.9. The largest absolute Gasteiger partial charge is 0.493 e. The van der Waals surface area contributed by atoms with Crippen LogP contribution >= 0.6 is 0 Å². The van der Waals surface area contributed by atoms with Crippen LogP contribution in [0.3, 0.4) is 0 Å². The summed E-state index contributed by atoms with van der Waals surface area (Å²) < 4.78 is 30.4. The van der Waals surface area contributed by atoms with E-state index in [-0.39, 0.29) is 17.8 Å². The molecule has 3 heterocycles. The Labute approximate surface area is 203 Å². The van der Waals surface area contributed by atoms with Crippen LogP contribution in [0.2, 0.25) is 0 Å². The molecule has 2 aliphatic heterocycles. The van der Waals surface area contributed by atoms with Gasteiger partial charge in [0.1, 0.15) is 19.0 Å². The maximum Gasteiger partial charge on any atom is 0.253 e. The van der Waals surface area contributed by atoms with Gasteiger partial charge in [-0.2, -0.15) is 0 Å². The number of pyridine rings is 1. The van der Waals surface area contributed by atoms with E-state index >= 15 is 0 Å². The third-order valence-electron chi connectivity index (χ3n) is 6.36. The molecular formula is C27H28FN3O4. The molecule has 1 amide bonds. The highest BCUT2D eigenvalue weighted by Crippen LogP contribution is 2.40. The SMILES string of the molecule is COc1cc(CN2CCC(NC(=O)c3ccc(-c4cccc(F)c4)nc3)CC2)cc2c1OCCO2. The highest BCUT2D eigenvalue weighted by molar-refractivity contribution is 5.94. The van der Waals surface area contributed by atoms with Crippen molar-refractivity contribution >= 4 is 5.91 Å². The van der Waals surface area contributed by atoms with Crippen LogP contribution in [0.15, 0.2) is 54.7 Å². The smallest absolute Gasteiger partial charge is 0.253 e. The predicted octanol–water partition coefficient (Wildman–Crippen LogP) is 4.06. The third-order valence-corrected chi connectivity index (χ3v) is 6.36. The topological polar surface area (TPSA) is 72.9 Å². The van der Waals surface area contributed by atoms with E-state index in [9.17, 15) is 9.18 Å². The number of hydrogen-bond acceptors (Lipinski definition) is 6. The highest BCUT2D eigenvalue weighted by Gasteiger charge is 2.23. The number of hydrogen-bond donors (Lipinski definition) is 1. The third kappa shape index (κ3) is 5.38. The summed E-state index contributed by atoms with van der Waals surface area (Å²) in [5, 5.41) is 3.12. The number of rotatable bonds is 6. The Kier molecular flexibility index (Phi) is 6.81.